The van der Waals surface area contributed by atoms with E-state index in [0.29, 0.717) is 12.5 Å². The monoisotopic (exact) mass is 413 g/mol. The van der Waals surface area contributed by atoms with E-state index >= 15 is 0 Å². The maximum atomic E-state index is 11.9. The highest BCUT2D eigenvalue weighted by Gasteiger charge is 2.26. The number of nitrogens with zero attached hydrogens (tertiary/aromatic N) is 5. The number of amides is 1. The lowest BCUT2D eigenvalue weighted by Gasteiger charge is -2.40. The van der Waals surface area contributed by atoms with E-state index < -0.39 is 0 Å². The van der Waals surface area contributed by atoms with Crippen LogP contribution in [0.5, 0.6) is 0 Å². The molecule has 164 valence electrons. The van der Waals surface area contributed by atoms with E-state index in [1.807, 2.05) is 23.2 Å². The van der Waals surface area contributed by atoms with Gasteiger partial charge in [-0.1, -0.05) is 0 Å². The van der Waals surface area contributed by atoms with Gasteiger partial charge in [-0.25, -0.2) is 4.98 Å². The summed E-state index contributed by atoms with van der Waals surface area (Å²) >= 11 is 0. The van der Waals surface area contributed by atoms with E-state index in [-0.39, 0.29) is 12.0 Å². The molecule has 4 rings (SSSR count). The van der Waals surface area contributed by atoms with Crippen molar-refractivity contribution >= 4 is 17.4 Å². The quantitative estimate of drug-likeness (QED) is 0.669. The molecule has 3 saturated heterocycles. The van der Waals surface area contributed by atoms with Crippen molar-refractivity contribution in [2.24, 2.45) is 0 Å². The van der Waals surface area contributed by atoms with Gasteiger partial charge >= 0.3 is 0 Å². The number of rotatable bonds is 6. The average molecular weight is 414 g/mol. The highest BCUT2D eigenvalue weighted by atomic mass is 16.5. The van der Waals surface area contributed by atoms with E-state index in [1.54, 1.807) is 0 Å². The molecule has 1 aromatic heterocycles. The Kier molecular flexibility index (Phi) is 6.46. The first-order valence-corrected chi connectivity index (χ1v) is 11.4. The van der Waals surface area contributed by atoms with Crippen LogP contribution in [-0.4, -0.2) is 78.7 Å². The number of aromatic nitrogens is 1. The Bertz CT molecular complexity index is 734. The minimum Gasteiger partial charge on any atom is -0.476 e. The highest BCUT2D eigenvalue weighted by Crippen LogP contribution is 2.25. The van der Waals surface area contributed by atoms with Crippen molar-refractivity contribution in [3.63, 3.8) is 0 Å². The molecule has 0 bridgehead atoms. The number of carbonyl (C=O) groups excluding carboxylic acids is 1. The van der Waals surface area contributed by atoms with Gasteiger partial charge < -0.3 is 19.4 Å². The summed E-state index contributed by atoms with van der Waals surface area (Å²) in [5.74, 6) is 2.01. The van der Waals surface area contributed by atoms with Gasteiger partial charge in [0.15, 0.2) is 5.88 Å². The number of pyridine rings is 1. The Morgan fingerprint density at radius 1 is 1.10 bits per heavy atom. The molecule has 0 N–H and O–H groups in total. The van der Waals surface area contributed by atoms with Crippen LogP contribution >= 0.6 is 0 Å². The van der Waals surface area contributed by atoms with Crippen molar-refractivity contribution < 1.29 is 9.53 Å². The van der Waals surface area contributed by atoms with Crippen LogP contribution in [0.15, 0.2) is 30.8 Å². The summed E-state index contributed by atoms with van der Waals surface area (Å²) in [6.07, 6.45) is 5.58. The fraction of sp³-hybridized carbons (Fsp3) is 0.652. The summed E-state index contributed by atoms with van der Waals surface area (Å²) in [7, 11) is 0. The summed E-state index contributed by atoms with van der Waals surface area (Å²) in [6.45, 7) is 15.5. The normalized spacial score (nSPS) is 21.6. The minimum atomic E-state index is 0.202. The van der Waals surface area contributed by atoms with Crippen molar-refractivity contribution in [2.45, 2.75) is 51.7 Å². The van der Waals surface area contributed by atoms with Crippen molar-refractivity contribution in [2.75, 3.05) is 55.6 Å². The molecule has 0 saturated carbocycles. The lowest BCUT2D eigenvalue weighted by Crippen LogP contribution is -2.49. The molecule has 3 fully saturated rings. The van der Waals surface area contributed by atoms with Gasteiger partial charge in [-0.05, 0) is 39.0 Å². The minimum absolute atomic E-state index is 0.202. The summed E-state index contributed by atoms with van der Waals surface area (Å²) < 4.78 is 6.23. The zero-order valence-electron chi connectivity index (χ0n) is 18.4. The Hall–Kier alpha value is -2.28. The van der Waals surface area contributed by atoms with Gasteiger partial charge in [-0.3, -0.25) is 9.69 Å². The third-order valence-electron chi connectivity index (χ3n) is 6.58. The standard InChI is InChI=1S/C23H35N5O2/c1-18(2)25-13-15-26(16-14-25)19(3)30-21-8-11-27(12-9-21)22-7-6-20(17-24-22)28-10-4-5-23(28)29/h6-7,17-18,21H,3-5,8-16H2,1-2H3. The number of anilines is 2. The smallest absolute Gasteiger partial charge is 0.227 e. The number of piperazine rings is 1. The van der Waals surface area contributed by atoms with E-state index in [0.717, 1.165) is 82.5 Å². The first-order chi connectivity index (χ1) is 14.5. The molecular formula is C23H35N5O2. The molecule has 0 spiro atoms. The van der Waals surface area contributed by atoms with Crippen molar-refractivity contribution in [1.29, 1.82) is 0 Å². The van der Waals surface area contributed by atoms with Crippen molar-refractivity contribution in [3.8, 4) is 0 Å². The molecule has 7 heteroatoms. The van der Waals surface area contributed by atoms with E-state index in [1.165, 1.54) is 0 Å². The van der Waals surface area contributed by atoms with Crippen LogP contribution in [0.1, 0.15) is 39.5 Å². The SMILES string of the molecule is C=C(OC1CCN(c2ccc(N3CCCC3=O)cn2)CC1)N1CCN(C(C)C)CC1. The maximum absolute atomic E-state index is 11.9. The van der Waals surface area contributed by atoms with Gasteiger partial charge in [0.25, 0.3) is 0 Å². The molecule has 0 aromatic carbocycles. The van der Waals surface area contributed by atoms with E-state index in [2.05, 4.69) is 40.1 Å². The third-order valence-corrected chi connectivity index (χ3v) is 6.58. The Morgan fingerprint density at radius 2 is 1.83 bits per heavy atom. The summed E-state index contributed by atoms with van der Waals surface area (Å²) in [4.78, 5) is 25.5. The second-order valence-electron chi connectivity index (χ2n) is 8.84. The number of hydrogen-bond acceptors (Lipinski definition) is 6. The lowest BCUT2D eigenvalue weighted by molar-refractivity contribution is -0.117. The molecular weight excluding hydrogens is 378 g/mol. The van der Waals surface area contributed by atoms with Gasteiger partial charge in [-0.2, -0.15) is 0 Å². The van der Waals surface area contributed by atoms with Gasteiger partial charge in [0, 0.05) is 71.1 Å². The Morgan fingerprint density at radius 3 is 2.40 bits per heavy atom. The molecule has 4 heterocycles. The summed E-state index contributed by atoms with van der Waals surface area (Å²) in [5, 5.41) is 0. The summed E-state index contributed by atoms with van der Waals surface area (Å²) in [5.41, 5.74) is 0.910. The Labute approximate surface area is 180 Å². The van der Waals surface area contributed by atoms with Crippen LogP contribution in [0.25, 0.3) is 0 Å². The predicted octanol–water partition coefficient (Wildman–Crippen LogP) is 2.69. The van der Waals surface area contributed by atoms with Gasteiger partial charge in [0.1, 0.15) is 11.9 Å². The molecule has 0 atom stereocenters. The van der Waals surface area contributed by atoms with Crippen LogP contribution in [0, 0.1) is 0 Å². The van der Waals surface area contributed by atoms with Crippen LogP contribution in [0.3, 0.4) is 0 Å². The number of carbonyl (C=O) groups is 1. The van der Waals surface area contributed by atoms with Crippen LogP contribution in [-0.2, 0) is 9.53 Å². The predicted molar refractivity (Wildman–Crippen MR) is 120 cm³/mol. The van der Waals surface area contributed by atoms with E-state index in [4.69, 9.17) is 4.74 Å². The van der Waals surface area contributed by atoms with Crippen molar-refractivity contribution in [3.05, 3.63) is 30.8 Å². The Balaban J connectivity index is 1.23. The topological polar surface area (TPSA) is 52.2 Å². The zero-order chi connectivity index (χ0) is 21.1. The first-order valence-electron chi connectivity index (χ1n) is 11.4. The van der Waals surface area contributed by atoms with Crippen molar-refractivity contribution in [1.82, 2.24) is 14.8 Å². The molecule has 7 nitrogen and oxygen atoms in total. The lowest BCUT2D eigenvalue weighted by atomic mass is 10.1. The highest BCUT2D eigenvalue weighted by molar-refractivity contribution is 5.95. The van der Waals surface area contributed by atoms with Gasteiger partial charge in [-0.15, -0.1) is 0 Å². The van der Waals surface area contributed by atoms with Crippen LogP contribution in [0.4, 0.5) is 11.5 Å². The molecule has 3 aliphatic heterocycles. The first kappa shape index (κ1) is 21.0. The zero-order valence-corrected chi connectivity index (χ0v) is 18.4. The maximum Gasteiger partial charge on any atom is 0.227 e. The largest absolute Gasteiger partial charge is 0.476 e. The average Bonchev–Trinajstić information content (AvgIpc) is 3.20. The van der Waals surface area contributed by atoms with Gasteiger partial charge in [0.05, 0.1) is 11.9 Å². The number of hydrogen-bond donors (Lipinski definition) is 0. The number of piperidine rings is 1. The molecule has 30 heavy (non-hydrogen) atoms. The van der Waals surface area contributed by atoms with E-state index in [9.17, 15) is 4.79 Å². The fourth-order valence-corrected chi connectivity index (χ4v) is 4.60. The molecule has 0 aliphatic carbocycles. The molecule has 3 aliphatic rings. The summed E-state index contributed by atoms with van der Waals surface area (Å²) in [6, 6.07) is 4.66. The second-order valence-corrected chi connectivity index (χ2v) is 8.84. The second kappa shape index (κ2) is 9.25. The van der Waals surface area contributed by atoms with Crippen LogP contribution < -0.4 is 9.80 Å². The molecule has 0 unspecified atom stereocenters. The van der Waals surface area contributed by atoms with Gasteiger partial charge in [0.2, 0.25) is 5.91 Å². The molecule has 1 aromatic rings. The fourth-order valence-electron chi connectivity index (χ4n) is 4.60. The number of ether oxygens (including phenoxy) is 1. The van der Waals surface area contributed by atoms with Crippen LogP contribution in [0.2, 0.25) is 0 Å². The third kappa shape index (κ3) is 4.72. The molecule has 1 amide bonds. The molecule has 0 radical (unpaired) electrons.